The highest BCUT2D eigenvalue weighted by Crippen LogP contribution is 2.49. The zero-order chi connectivity index (χ0) is 32.2. The third kappa shape index (κ3) is 6.75. The maximum Gasteiger partial charge on any atom is 0.318 e. The first-order chi connectivity index (χ1) is 23.0. The van der Waals surface area contributed by atoms with E-state index in [0.717, 1.165) is 49.0 Å². The molecule has 7 heteroatoms. The first kappa shape index (κ1) is 30.6. The molecule has 2 heterocycles. The molecular weight excluding hydrogens is 585 g/mol. The second-order valence-electron chi connectivity index (χ2n) is 12.8. The van der Waals surface area contributed by atoms with Crippen LogP contribution in [0.4, 0.5) is 9.18 Å². The number of aromatic nitrogens is 3. The minimum atomic E-state index is -0.247. The highest BCUT2D eigenvalue weighted by Gasteiger charge is 2.37. The van der Waals surface area contributed by atoms with Gasteiger partial charge in [-0.3, -0.25) is 4.98 Å². The number of hydrogen-bond acceptors (Lipinski definition) is 3. The quantitative estimate of drug-likeness (QED) is 0.159. The van der Waals surface area contributed by atoms with Gasteiger partial charge in [0.1, 0.15) is 5.82 Å². The van der Waals surface area contributed by atoms with Crippen LogP contribution in [-0.2, 0) is 19.4 Å². The first-order valence-electron chi connectivity index (χ1n) is 16.6. The molecule has 0 saturated heterocycles. The van der Waals surface area contributed by atoms with Crippen molar-refractivity contribution >= 4 is 6.03 Å². The number of fused-ring (bicyclic) bond motifs is 1. The van der Waals surface area contributed by atoms with Crippen LogP contribution in [0, 0.1) is 11.7 Å². The van der Waals surface area contributed by atoms with E-state index in [-0.39, 0.29) is 23.8 Å². The molecule has 0 aliphatic heterocycles. The summed E-state index contributed by atoms with van der Waals surface area (Å²) < 4.78 is 15.6. The van der Waals surface area contributed by atoms with Gasteiger partial charge in [0.25, 0.3) is 0 Å². The molecule has 5 aromatic rings. The van der Waals surface area contributed by atoms with Gasteiger partial charge < -0.3 is 10.2 Å². The lowest BCUT2D eigenvalue weighted by atomic mass is 9.78. The summed E-state index contributed by atoms with van der Waals surface area (Å²) >= 11 is 0. The van der Waals surface area contributed by atoms with E-state index in [0.29, 0.717) is 19.0 Å². The van der Waals surface area contributed by atoms with Crippen molar-refractivity contribution in [2.75, 3.05) is 6.54 Å². The fourth-order valence-corrected chi connectivity index (χ4v) is 7.47. The summed E-state index contributed by atoms with van der Waals surface area (Å²) in [6.45, 7) is 3.32. The summed E-state index contributed by atoms with van der Waals surface area (Å²) in [5.41, 5.74) is 9.48. The summed E-state index contributed by atoms with van der Waals surface area (Å²) in [5.74, 6) is 0.332. The molecule has 1 unspecified atom stereocenters. The predicted molar refractivity (Wildman–Crippen MR) is 183 cm³/mol. The second kappa shape index (κ2) is 13.8. The van der Waals surface area contributed by atoms with E-state index in [1.807, 2.05) is 70.4 Å². The number of nitrogens with one attached hydrogen (secondary N) is 1. The number of pyridine rings is 1. The van der Waals surface area contributed by atoms with Crippen LogP contribution in [0.25, 0.3) is 5.69 Å². The molecule has 0 saturated carbocycles. The number of amides is 2. The number of halogens is 1. The normalized spacial score (nSPS) is 17.6. The van der Waals surface area contributed by atoms with Crippen LogP contribution in [0.15, 0.2) is 127 Å². The van der Waals surface area contributed by atoms with Gasteiger partial charge in [-0.15, -0.1) is 0 Å². The van der Waals surface area contributed by atoms with E-state index < -0.39 is 0 Å². The van der Waals surface area contributed by atoms with Gasteiger partial charge in [-0.05, 0) is 79.1 Å². The predicted octanol–water partition coefficient (Wildman–Crippen LogP) is 8.36. The molecule has 2 aromatic heterocycles. The van der Waals surface area contributed by atoms with Crippen molar-refractivity contribution in [2.45, 2.75) is 57.5 Å². The van der Waals surface area contributed by atoms with Crippen LogP contribution in [0.1, 0.15) is 66.2 Å². The Morgan fingerprint density at radius 2 is 1.72 bits per heavy atom. The van der Waals surface area contributed by atoms with Crippen LogP contribution in [-0.4, -0.2) is 32.2 Å². The number of urea groups is 1. The average Bonchev–Trinajstić information content (AvgIpc) is 3.73. The highest BCUT2D eigenvalue weighted by atomic mass is 19.1. The number of allylic oxidation sites excluding steroid dienone is 2. The topological polar surface area (TPSA) is 63.1 Å². The molecule has 0 spiro atoms. The van der Waals surface area contributed by atoms with Crippen LogP contribution in [0.2, 0.25) is 0 Å². The van der Waals surface area contributed by atoms with Crippen molar-refractivity contribution in [3.8, 4) is 5.69 Å². The summed E-state index contributed by atoms with van der Waals surface area (Å²) in [6.07, 6.45) is 8.31. The molecule has 7 rings (SSSR count). The highest BCUT2D eigenvalue weighted by molar-refractivity contribution is 5.74. The van der Waals surface area contributed by atoms with Gasteiger partial charge in [0.15, 0.2) is 0 Å². The molecule has 2 amide bonds. The van der Waals surface area contributed by atoms with Crippen molar-refractivity contribution in [3.05, 3.63) is 161 Å². The van der Waals surface area contributed by atoms with Gasteiger partial charge in [0, 0.05) is 30.6 Å². The molecule has 47 heavy (non-hydrogen) atoms. The van der Waals surface area contributed by atoms with Gasteiger partial charge in [0.2, 0.25) is 0 Å². The number of rotatable bonds is 10. The minimum absolute atomic E-state index is 0.0767. The van der Waals surface area contributed by atoms with E-state index >= 15 is 0 Å². The number of benzene rings is 3. The molecule has 0 radical (unpaired) electrons. The van der Waals surface area contributed by atoms with E-state index in [4.69, 9.17) is 5.10 Å². The Morgan fingerprint density at radius 3 is 2.47 bits per heavy atom. The van der Waals surface area contributed by atoms with Crippen LogP contribution in [0.5, 0.6) is 0 Å². The maximum atomic E-state index is 14.1. The van der Waals surface area contributed by atoms with Gasteiger partial charge >= 0.3 is 6.03 Å². The molecule has 238 valence electrons. The van der Waals surface area contributed by atoms with E-state index in [1.54, 1.807) is 18.3 Å². The third-order valence-electron chi connectivity index (χ3n) is 9.83. The summed E-state index contributed by atoms with van der Waals surface area (Å²) in [5, 5.41) is 8.21. The molecule has 3 aromatic carbocycles. The fourth-order valence-electron chi connectivity index (χ4n) is 7.47. The Bertz CT molecular complexity index is 1840. The standard InChI is InChI=1S/C40H40FN5O/c1-28-36-26-43-46(35-19-17-33(41)18-20-35)38(36)25-32-16-15-31(39(28)32)24-37(30-12-6-3-7-13-30)44-40(47)45(27-34-14-8-9-22-42-34)23-21-29-10-4-2-5-11-29/h2-14,17-20,22,26,28,31,37H,15-16,21,23-25,27H2,1H3,(H,44,47)/t28-,31+,37?/m0/s1. The number of carbonyl (C=O) groups is 1. The Morgan fingerprint density at radius 1 is 0.979 bits per heavy atom. The van der Waals surface area contributed by atoms with Crippen LogP contribution in [0.3, 0.4) is 0 Å². The van der Waals surface area contributed by atoms with Crippen LogP contribution >= 0.6 is 0 Å². The number of carbonyl (C=O) groups excluding carboxylic acids is 1. The van der Waals surface area contributed by atoms with Crippen molar-refractivity contribution in [1.29, 1.82) is 0 Å². The lowest BCUT2D eigenvalue weighted by Crippen LogP contribution is -2.43. The second-order valence-corrected chi connectivity index (χ2v) is 12.8. The largest absolute Gasteiger partial charge is 0.331 e. The summed E-state index contributed by atoms with van der Waals surface area (Å²) in [6, 6.07) is 32.9. The van der Waals surface area contributed by atoms with E-state index in [9.17, 15) is 9.18 Å². The van der Waals surface area contributed by atoms with Crippen molar-refractivity contribution in [3.63, 3.8) is 0 Å². The van der Waals surface area contributed by atoms with Crippen molar-refractivity contribution < 1.29 is 9.18 Å². The monoisotopic (exact) mass is 625 g/mol. The van der Waals surface area contributed by atoms with Gasteiger partial charge in [-0.2, -0.15) is 5.10 Å². The zero-order valence-corrected chi connectivity index (χ0v) is 26.7. The molecule has 1 N–H and O–H groups in total. The van der Waals surface area contributed by atoms with Gasteiger partial charge in [-0.25, -0.2) is 13.9 Å². The lowest BCUT2D eigenvalue weighted by Gasteiger charge is -2.31. The van der Waals surface area contributed by atoms with Gasteiger partial charge in [-0.1, -0.05) is 84.8 Å². The molecule has 2 aliphatic carbocycles. The zero-order valence-electron chi connectivity index (χ0n) is 26.7. The lowest BCUT2D eigenvalue weighted by molar-refractivity contribution is 0.189. The molecule has 3 atom stereocenters. The SMILES string of the molecule is C[C@@H]1C2=C(CC[C@@H]2CC(NC(=O)N(CCc2ccccc2)Cc2ccccn2)c2ccccc2)Cc2c1cnn2-c1ccc(F)cc1. The average molecular weight is 626 g/mol. The fraction of sp³-hybridized carbons (Fsp3) is 0.275. The third-order valence-corrected chi connectivity index (χ3v) is 9.83. The van der Waals surface area contributed by atoms with Crippen molar-refractivity contribution in [1.82, 2.24) is 25.0 Å². The Labute approximate surface area is 276 Å². The van der Waals surface area contributed by atoms with E-state index in [2.05, 4.69) is 41.5 Å². The Kier molecular flexibility index (Phi) is 8.96. The molecule has 0 bridgehead atoms. The molecular formula is C40H40FN5O. The van der Waals surface area contributed by atoms with Crippen molar-refractivity contribution in [2.24, 2.45) is 5.92 Å². The smallest absolute Gasteiger partial charge is 0.318 e. The molecule has 6 nitrogen and oxygen atoms in total. The Hall–Kier alpha value is -5.04. The summed E-state index contributed by atoms with van der Waals surface area (Å²) in [7, 11) is 0. The Balaban J connectivity index is 1.12. The molecule has 0 fully saturated rings. The van der Waals surface area contributed by atoms with E-state index in [1.165, 1.54) is 40.1 Å². The van der Waals surface area contributed by atoms with Gasteiger partial charge in [0.05, 0.1) is 35.9 Å². The maximum absolute atomic E-state index is 14.1. The first-order valence-corrected chi connectivity index (χ1v) is 16.6. The van der Waals surface area contributed by atoms with Crippen LogP contribution < -0.4 is 5.32 Å². The minimum Gasteiger partial charge on any atom is -0.331 e. The summed E-state index contributed by atoms with van der Waals surface area (Å²) in [4.78, 5) is 20.6. The molecule has 2 aliphatic rings. The number of nitrogens with zero attached hydrogens (tertiary/aromatic N) is 4. The number of hydrogen-bond donors (Lipinski definition) is 1.